The normalized spacial score (nSPS) is 20.2. The van der Waals surface area contributed by atoms with Gasteiger partial charge in [-0.1, -0.05) is 27.7 Å². The maximum atomic E-state index is 11.5. The van der Waals surface area contributed by atoms with Crippen molar-refractivity contribution in [3.8, 4) is 0 Å². The van der Waals surface area contributed by atoms with E-state index in [0.29, 0.717) is 12.8 Å². The summed E-state index contributed by atoms with van der Waals surface area (Å²) in [5, 5.41) is 2.38. The van der Waals surface area contributed by atoms with Crippen LogP contribution in [0.3, 0.4) is 0 Å². The molecule has 1 heterocycles. The molecule has 0 aromatic heterocycles. The van der Waals surface area contributed by atoms with E-state index in [2.05, 4.69) is 17.1 Å². The van der Waals surface area contributed by atoms with Crippen LogP contribution < -0.4 is 5.32 Å². The van der Waals surface area contributed by atoms with E-state index in [-0.39, 0.29) is 17.9 Å². The number of piperidine rings is 1. The summed E-state index contributed by atoms with van der Waals surface area (Å²) in [5.74, 6) is -0.268. The summed E-state index contributed by atoms with van der Waals surface area (Å²) >= 11 is 0. The molecule has 2 amide bonds. The second-order valence-corrected chi connectivity index (χ2v) is 3.60. The average Bonchev–Trinajstić information content (AvgIpc) is 2.29. The lowest BCUT2D eigenvalue weighted by atomic mass is 10.0. The Morgan fingerprint density at radius 1 is 1.31 bits per heavy atom. The van der Waals surface area contributed by atoms with Crippen molar-refractivity contribution in [2.24, 2.45) is 0 Å². The van der Waals surface area contributed by atoms with Gasteiger partial charge >= 0.3 is 0 Å². The highest BCUT2D eigenvalue weighted by Gasteiger charge is 2.30. The Morgan fingerprint density at radius 3 is 2.38 bits per heavy atom. The van der Waals surface area contributed by atoms with Gasteiger partial charge in [-0.05, 0) is 25.9 Å². The molecule has 16 heavy (non-hydrogen) atoms. The van der Waals surface area contributed by atoms with E-state index in [1.807, 2.05) is 20.8 Å². The van der Waals surface area contributed by atoms with Crippen molar-refractivity contribution in [2.45, 2.75) is 53.0 Å². The lowest BCUT2D eigenvalue weighted by Crippen LogP contribution is -2.52. The molecule has 0 bridgehead atoms. The van der Waals surface area contributed by atoms with Gasteiger partial charge in [0.2, 0.25) is 11.8 Å². The zero-order chi connectivity index (χ0) is 12.6. The maximum Gasteiger partial charge on any atom is 0.243 e. The highest BCUT2D eigenvalue weighted by Crippen LogP contribution is 2.12. The monoisotopic (exact) mass is 228 g/mol. The van der Waals surface area contributed by atoms with E-state index in [0.717, 1.165) is 19.5 Å². The number of hydrogen-bond donors (Lipinski definition) is 1. The fourth-order valence-electron chi connectivity index (χ4n) is 1.85. The second-order valence-electron chi connectivity index (χ2n) is 3.60. The number of amides is 2. The second kappa shape index (κ2) is 8.28. The zero-order valence-corrected chi connectivity index (χ0v) is 10.9. The van der Waals surface area contributed by atoms with Crippen LogP contribution in [0.25, 0.3) is 0 Å². The first-order valence-electron chi connectivity index (χ1n) is 6.26. The van der Waals surface area contributed by atoms with Gasteiger partial charge in [0.15, 0.2) is 0 Å². The summed E-state index contributed by atoms with van der Waals surface area (Å²) in [4.78, 5) is 24.6. The molecular weight excluding hydrogens is 204 g/mol. The molecular formula is C12H24N2O2. The van der Waals surface area contributed by atoms with Gasteiger partial charge in [0, 0.05) is 6.42 Å². The Kier molecular flexibility index (Phi) is 7.81. The first-order valence-corrected chi connectivity index (χ1v) is 6.26. The Morgan fingerprint density at radius 2 is 1.94 bits per heavy atom. The third-order valence-corrected chi connectivity index (χ3v) is 2.57. The van der Waals surface area contributed by atoms with Gasteiger partial charge in [-0.3, -0.25) is 19.8 Å². The molecule has 0 spiro atoms. The third-order valence-electron chi connectivity index (χ3n) is 2.57. The molecule has 1 fully saturated rings. The van der Waals surface area contributed by atoms with Crippen LogP contribution in [-0.4, -0.2) is 35.8 Å². The number of rotatable bonds is 4. The lowest BCUT2D eigenvalue weighted by molar-refractivity contribution is -0.137. The van der Waals surface area contributed by atoms with E-state index in [1.165, 1.54) is 0 Å². The highest BCUT2D eigenvalue weighted by atomic mass is 16.2. The molecule has 1 N–H and O–H groups in total. The summed E-state index contributed by atoms with van der Waals surface area (Å²) < 4.78 is 0. The minimum Gasteiger partial charge on any atom is -0.295 e. The largest absolute Gasteiger partial charge is 0.295 e. The first kappa shape index (κ1) is 15.1. The van der Waals surface area contributed by atoms with Gasteiger partial charge in [-0.25, -0.2) is 0 Å². The van der Waals surface area contributed by atoms with Crippen LogP contribution in [0.4, 0.5) is 0 Å². The molecule has 1 atom stereocenters. The number of imide groups is 1. The van der Waals surface area contributed by atoms with E-state index >= 15 is 0 Å². The predicted molar refractivity (Wildman–Crippen MR) is 65.1 cm³/mol. The summed E-state index contributed by atoms with van der Waals surface area (Å²) in [6.45, 7) is 9.91. The smallest absolute Gasteiger partial charge is 0.243 e. The number of carbonyl (C=O) groups excluding carboxylic acids is 2. The fraction of sp³-hybridized carbons (Fsp3) is 0.833. The Balaban J connectivity index is 0.00000106. The summed E-state index contributed by atoms with van der Waals surface area (Å²) in [6, 6.07) is -0.0994. The molecule has 0 aromatic carbocycles. The van der Waals surface area contributed by atoms with Crippen LogP contribution in [0.2, 0.25) is 0 Å². The minimum absolute atomic E-state index is 0.0994. The van der Waals surface area contributed by atoms with Crippen molar-refractivity contribution in [1.82, 2.24) is 10.2 Å². The summed E-state index contributed by atoms with van der Waals surface area (Å²) in [6.07, 6.45) is 2.17. The average molecular weight is 228 g/mol. The summed E-state index contributed by atoms with van der Waals surface area (Å²) in [5.41, 5.74) is 0. The van der Waals surface area contributed by atoms with Crippen LogP contribution in [0.5, 0.6) is 0 Å². The van der Waals surface area contributed by atoms with Crippen molar-refractivity contribution in [3.05, 3.63) is 0 Å². The van der Waals surface area contributed by atoms with E-state index in [1.54, 1.807) is 0 Å². The van der Waals surface area contributed by atoms with Crippen LogP contribution in [0, 0.1) is 0 Å². The molecule has 1 saturated heterocycles. The SMILES string of the molecule is CC.CCCN(CC)C1CCC(=O)NC1=O. The molecule has 4 heteroatoms. The highest BCUT2D eigenvalue weighted by molar-refractivity contribution is 6.00. The van der Waals surface area contributed by atoms with Gasteiger partial charge in [0.05, 0.1) is 6.04 Å². The standard InChI is InChI=1S/C10H18N2O2.C2H6/c1-3-7-12(4-2)8-5-6-9(13)11-10(8)14;1-2/h8H,3-7H2,1-2H3,(H,11,13,14);1-2H3. The molecule has 4 nitrogen and oxygen atoms in total. The molecule has 1 unspecified atom stereocenters. The lowest BCUT2D eigenvalue weighted by Gasteiger charge is -2.31. The molecule has 0 radical (unpaired) electrons. The molecule has 1 aliphatic rings. The molecule has 1 rings (SSSR count). The van der Waals surface area contributed by atoms with Gasteiger partial charge in [0.25, 0.3) is 0 Å². The van der Waals surface area contributed by atoms with E-state index in [4.69, 9.17) is 0 Å². The molecule has 0 saturated carbocycles. The van der Waals surface area contributed by atoms with Crippen molar-refractivity contribution in [2.75, 3.05) is 13.1 Å². The molecule has 1 aliphatic heterocycles. The van der Waals surface area contributed by atoms with Crippen LogP contribution in [-0.2, 0) is 9.59 Å². The Hall–Kier alpha value is -0.900. The van der Waals surface area contributed by atoms with Crippen molar-refractivity contribution < 1.29 is 9.59 Å². The van der Waals surface area contributed by atoms with Crippen LogP contribution in [0.15, 0.2) is 0 Å². The zero-order valence-electron chi connectivity index (χ0n) is 10.9. The molecule has 94 valence electrons. The van der Waals surface area contributed by atoms with Gasteiger partial charge in [-0.2, -0.15) is 0 Å². The van der Waals surface area contributed by atoms with E-state index < -0.39 is 0 Å². The van der Waals surface area contributed by atoms with E-state index in [9.17, 15) is 9.59 Å². The quantitative estimate of drug-likeness (QED) is 0.743. The minimum atomic E-state index is -0.140. The number of likely N-dealkylation sites (N-methyl/N-ethyl adjacent to an activating group) is 1. The number of carbonyl (C=O) groups is 2. The summed E-state index contributed by atoms with van der Waals surface area (Å²) in [7, 11) is 0. The van der Waals surface area contributed by atoms with Gasteiger partial charge in [0.1, 0.15) is 0 Å². The number of hydrogen-bond acceptors (Lipinski definition) is 3. The van der Waals surface area contributed by atoms with Gasteiger partial charge < -0.3 is 0 Å². The third kappa shape index (κ3) is 4.31. The predicted octanol–water partition coefficient (Wildman–Crippen LogP) is 1.55. The van der Waals surface area contributed by atoms with Crippen molar-refractivity contribution in [1.29, 1.82) is 0 Å². The first-order chi connectivity index (χ1) is 7.69. The fourth-order valence-corrected chi connectivity index (χ4v) is 1.85. The van der Waals surface area contributed by atoms with Crippen molar-refractivity contribution in [3.63, 3.8) is 0 Å². The topological polar surface area (TPSA) is 49.4 Å². The van der Waals surface area contributed by atoms with Crippen molar-refractivity contribution >= 4 is 11.8 Å². The maximum absolute atomic E-state index is 11.5. The molecule has 0 aromatic rings. The molecule has 0 aliphatic carbocycles. The number of nitrogens with one attached hydrogen (secondary N) is 1. The Bertz CT molecular complexity index is 229. The van der Waals surface area contributed by atoms with Crippen LogP contribution >= 0.6 is 0 Å². The van der Waals surface area contributed by atoms with Crippen LogP contribution in [0.1, 0.15) is 47.0 Å². The number of nitrogens with zero attached hydrogens (tertiary/aromatic N) is 1. The Labute approximate surface area is 98.4 Å². The van der Waals surface area contributed by atoms with Gasteiger partial charge in [-0.15, -0.1) is 0 Å².